The number of amides is 1. The zero-order chi connectivity index (χ0) is 17.1. The van der Waals surface area contributed by atoms with Crippen LogP contribution in [0.5, 0.6) is 0 Å². The second kappa shape index (κ2) is 7.10. The van der Waals surface area contributed by atoms with Gasteiger partial charge in [-0.25, -0.2) is 4.79 Å². The molecular weight excluding hydrogens is 306 g/mol. The molecule has 1 aliphatic carbocycles. The molecule has 0 bridgehead atoms. The number of hydrogen-bond donors (Lipinski definition) is 4. The molecule has 4 N–H and O–H groups in total. The predicted octanol–water partition coefficient (Wildman–Crippen LogP) is -0.659. The van der Waals surface area contributed by atoms with Gasteiger partial charge in [0.15, 0.2) is 0 Å². The fraction of sp³-hybridized carbons (Fsp3) is 0.667. The molecule has 1 saturated carbocycles. The van der Waals surface area contributed by atoms with Crippen molar-refractivity contribution < 1.29 is 34.4 Å². The lowest BCUT2D eigenvalue weighted by atomic mass is 9.75. The largest absolute Gasteiger partial charge is 0.481 e. The summed E-state index contributed by atoms with van der Waals surface area (Å²) in [5.41, 5.74) is 0.786. The molecule has 0 aromatic heterocycles. The van der Waals surface area contributed by atoms with E-state index >= 15 is 0 Å². The van der Waals surface area contributed by atoms with Crippen LogP contribution < -0.4 is 5.32 Å². The van der Waals surface area contributed by atoms with Crippen molar-refractivity contribution in [3.63, 3.8) is 0 Å². The number of carbonyl (C=O) groups is 3. The average molecular weight is 327 g/mol. The van der Waals surface area contributed by atoms with Crippen LogP contribution in [-0.2, 0) is 19.1 Å². The molecule has 1 aliphatic heterocycles. The number of aliphatic hydroxyl groups excluding tert-OH is 2. The lowest BCUT2D eigenvalue weighted by Crippen LogP contribution is -2.48. The number of ether oxygens (including phenoxy) is 1. The summed E-state index contributed by atoms with van der Waals surface area (Å²) in [6.07, 6.45) is -2.08. The van der Waals surface area contributed by atoms with Gasteiger partial charge in [-0.2, -0.15) is 0 Å². The van der Waals surface area contributed by atoms with Gasteiger partial charge < -0.3 is 25.4 Å². The van der Waals surface area contributed by atoms with Crippen molar-refractivity contribution in [2.24, 2.45) is 5.92 Å². The summed E-state index contributed by atoms with van der Waals surface area (Å²) in [6, 6.07) is 0. The molecule has 1 amide bonds. The normalized spacial score (nSPS) is 30.5. The number of esters is 1. The van der Waals surface area contributed by atoms with Gasteiger partial charge in [0.05, 0.1) is 25.0 Å². The van der Waals surface area contributed by atoms with Crippen molar-refractivity contribution in [2.45, 2.75) is 50.9 Å². The molecule has 0 aromatic rings. The first kappa shape index (κ1) is 17.4. The molecule has 4 atom stereocenters. The van der Waals surface area contributed by atoms with Gasteiger partial charge in [0, 0.05) is 30.9 Å². The van der Waals surface area contributed by atoms with Crippen LogP contribution in [0.3, 0.4) is 0 Å². The second-order valence-electron chi connectivity index (χ2n) is 5.99. The first-order valence-corrected chi connectivity index (χ1v) is 7.54. The van der Waals surface area contributed by atoms with E-state index in [1.807, 2.05) is 0 Å². The molecule has 2 rings (SSSR count). The van der Waals surface area contributed by atoms with Gasteiger partial charge in [0.2, 0.25) is 5.91 Å². The highest BCUT2D eigenvalue weighted by Gasteiger charge is 2.44. The minimum absolute atomic E-state index is 0.0174. The quantitative estimate of drug-likeness (QED) is 0.493. The van der Waals surface area contributed by atoms with E-state index in [4.69, 9.17) is 9.84 Å². The van der Waals surface area contributed by atoms with Crippen molar-refractivity contribution >= 4 is 17.8 Å². The van der Waals surface area contributed by atoms with E-state index in [1.54, 1.807) is 6.92 Å². The molecule has 4 unspecified atom stereocenters. The highest BCUT2D eigenvalue weighted by molar-refractivity contribution is 5.96. The Kier molecular flexibility index (Phi) is 5.38. The molecule has 23 heavy (non-hydrogen) atoms. The van der Waals surface area contributed by atoms with Gasteiger partial charge in [0.25, 0.3) is 0 Å². The number of carbonyl (C=O) groups excluding carboxylic acids is 2. The van der Waals surface area contributed by atoms with Crippen molar-refractivity contribution in [3.8, 4) is 0 Å². The van der Waals surface area contributed by atoms with Gasteiger partial charge in [0.1, 0.15) is 6.10 Å². The number of rotatable bonds is 5. The maximum absolute atomic E-state index is 12.1. The molecule has 8 nitrogen and oxygen atoms in total. The Morgan fingerprint density at radius 3 is 2.65 bits per heavy atom. The zero-order valence-electron chi connectivity index (χ0n) is 12.8. The van der Waals surface area contributed by atoms with Crippen LogP contribution in [0.25, 0.3) is 0 Å². The monoisotopic (exact) mass is 327 g/mol. The van der Waals surface area contributed by atoms with Gasteiger partial charge in [-0.05, 0) is 6.92 Å². The summed E-state index contributed by atoms with van der Waals surface area (Å²) in [5.74, 6) is -2.54. The Morgan fingerprint density at radius 2 is 2.00 bits per heavy atom. The number of hydrogen-bond acceptors (Lipinski definition) is 6. The van der Waals surface area contributed by atoms with E-state index in [9.17, 15) is 24.6 Å². The van der Waals surface area contributed by atoms with Crippen LogP contribution in [0, 0.1) is 5.92 Å². The van der Waals surface area contributed by atoms with Crippen LogP contribution in [0.4, 0.5) is 0 Å². The van der Waals surface area contributed by atoms with Crippen LogP contribution in [0.15, 0.2) is 11.1 Å². The number of nitrogens with one attached hydrogen (secondary N) is 1. The fourth-order valence-electron chi connectivity index (χ4n) is 3.19. The first-order valence-electron chi connectivity index (χ1n) is 7.54. The van der Waals surface area contributed by atoms with E-state index in [2.05, 4.69) is 5.32 Å². The molecular formula is C15H21NO7. The third-order valence-electron chi connectivity index (χ3n) is 4.31. The Balaban J connectivity index is 2.06. The van der Waals surface area contributed by atoms with E-state index in [-0.39, 0.29) is 37.8 Å². The van der Waals surface area contributed by atoms with Crippen LogP contribution >= 0.6 is 0 Å². The first-order chi connectivity index (χ1) is 10.8. The molecule has 0 spiro atoms. The lowest BCUT2D eigenvalue weighted by molar-refractivity contribution is -0.159. The number of carboxylic acid groups (broad SMARTS) is 1. The maximum atomic E-state index is 12.1. The molecule has 0 saturated heterocycles. The highest BCUT2D eigenvalue weighted by atomic mass is 16.5. The van der Waals surface area contributed by atoms with Gasteiger partial charge in [-0.1, -0.05) is 5.57 Å². The van der Waals surface area contributed by atoms with E-state index in [0.717, 1.165) is 0 Å². The van der Waals surface area contributed by atoms with Crippen molar-refractivity contribution in [1.82, 2.24) is 5.32 Å². The predicted molar refractivity (Wildman–Crippen MR) is 77.2 cm³/mol. The minimum Gasteiger partial charge on any atom is -0.481 e. The summed E-state index contributed by atoms with van der Waals surface area (Å²) < 4.78 is 5.27. The Bertz CT molecular complexity index is 542. The maximum Gasteiger partial charge on any atom is 0.334 e. The SMILES string of the molecule is CC1=C(CC(=O)NCCC(=O)O)C(=O)OC2CC(O)CC(O)C12. The minimum atomic E-state index is -1.02. The molecule has 0 radical (unpaired) electrons. The molecule has 8 heteroatoms. The smallest absolute Gasteiger partial charge is 0.334 e. The van der Waals surface area contributed by atoms with Crippen molar-refractivity contribution in [3.05, 3.63) is 11.1 Å². The Hall–Kier alpha value is -1.93. The number of fused-ring (bicyclic) bond motifs is 1. The molecule has 1 heterocycles. The summed E-state index contributed by atoms with van der Waals surface area (Å²) >= 11 is 0. The highest BCUT2D eigenvalue weighted by Crippen LogP contribution is 2.38. The number of carboxylic acids is 1. The summed E-state index contributed by atoms with van der Waals surface area (Å²) in [7, 11) is 0. The van der Waals surface area contributed by atoms with Gasteiger partial charge >= 0.3 is 11.9 Å². The summed E-state index contributed by atoms with van der Waals surface area (Å²) in [5, 5.41) is 30.8. The third-order valence-corrected chi connectivity index (χ3v) is 4.31. The average Bonchev–Trinajstić information content (AvgIpc) is 2.41. The molecule has 128 valence electrons. The van der Waals surface area contributed by atoms with Crippen LogP contribution in [-0.4, -0.2) is 58.0 Å². The van der Waals surface area contributed by atoms with Gasteiger partial charge in [-0.3, -0.25) is 9.59 Å². The Labute approximate surface area is 133 Å². The third kappa shape index (κ3) is 4.08. The standard InChI is InChI=1S/C15H21NO7/c1-7-9(6-12(19)16-3-2-13(20)21)15(22)23-11-5-8(17)4-10(18)14(7)11/h8,10-11,14,17-18H,2-6H2,1H3,(H,16,19)(H,20,21). The summed E-state index contributed by atoms with van der Waals surface area (Å²) in [4.78, 5) is 34.3. The topological polar surface area (TPSA) is 133 Å². The van der Waals surface area contributed by atoms with Gasteiger partial charge in [-0.15, -0.1) is 0 Å². The molecule has 2 aliphatic rings. The summed E-state index contributed by atoms with van der Waals surface area (Å²) in [6.45, 7) is 1.66. The van der Waals surface area contributed by atoms with E-state index < -0.39 is 42.1 Å². The molecule has 0 aromatic carbocycles. The van der Waals surface area contributed by atoms with Crippen molar-refractivity contribution in [2.75, 3.05) is 6.54 Å². The number of aliphatic carboxylic acids is 1. The van der Waals surface area contributed by atoms with Crippen LogP contribution in [0.2, 0.25) is 0 Å². The Morgan fingerprint density at radius 1 is 1.30 bits per heavy atom. The fourth-order valence-corrected chi connectivity index (χ4v) is 3.19. The zero-order valence-corrected chi connectivity index (χ0v) is 12.8. The van der Waals surface area contributed by atoms with Crippen LogP contribution in [0.1, 0.15) is 32.6 Å². The lowest BCUT2D eigenvalue weighted by Gasteiger charge is -2.41. The second-order valence-corrected chi connectivity index (χ2v) is 5.99. The number of aliphatic hydroxyl groups is 2. The van der Waals surface area contributed by atoms with Crippen molar-refractivity contribution in [1.29, 1.82) is 0 Å². The molecule has 1 fully saturated rings. The van der Waals surface area contributed by atoms with E-state index in [0.29, 0.717) is 5.57 Å². The van der Waals surface area contributed by atoms with E-state index in [1.165, 1.54) is 0 Å².